The number of hydrogen-bond acceptors (Lipinski definition) is 11. The van der Waals surface area contributed by atoms with Crippen LogP contribution in [-0.4, -0.2) is 125 Å². The Morgan fingerprint density at radius 3 is 1.27 bits per heavy atom. The molecule has 0 spiro atoms. The summed E-state index contributed by atoms with van der Waals surface area (Å²) in [7, 11) is 0. The molecule has 0 radical (unpaired) electrons. The third-order valence-corrected chi connectivity index (χ3v) is 7.56. The van der Waals surface area contributed by atoms with Gasteiger partial charge in [0.15, 0.2) is 0 Å². The number of rotatable bonds is 37. The number of benzene rings is 2. The minimum Gasteiger partial charge on any atom is -0.491 e. The predicted molar refractivity (Wildman–Crippen MR) is 197 cm³/mol. The summed E-state index contributed by atoms with van der Waals surface area (Å²) >= 11 is 0. The molecule has 11 nitrogen and oxygen atoms in total. The lowest BCUT2D eigenvalue weighted by atomic mass is 10.0. The van der Waals surface area contributed by atoms with Crippen molar-refractivity contribution in [2.45, 2.75) is 58.3 Å². The molecule has 0 heterocycles. The fourth-order valence-electron chi connectivity index (χ4n) is 4.75. The van der Waals surface area contributed by atoms with Crippen LogP contribution in [0, 0.1) is 0 Å². The normalized spacial score (nSPS) is 11.2. The van der Waals surface area contributed by atoms with Gasteiger partial charge in [-0.05, 0) is 42.7 Å². The predicted octanol–water partition coefficient (Wildman–Crippen LogP) is 6.35. The minimum atomic E-state index is -0.353. The molecule has 2 aromatic rings. The van der Waals surface area contributed by atoms with Crippen molar-refractivity contribution in [3.8, 4) is 5.75 Å². The number of hydrogen-bond donors (Lipinski definition) is 0. The van der Waals surface area contributed by atoms with Crippen LogP contribution >= 0.6 is 0 Å². The molecule has 51 heavy (non-hydrogen) atoms. The number of carbonyl (C=O) groups is 1. The van der Waals surface area contributed by atoms with Crippen LogP contribution in [-0.2, 0) is 49.1 Å². The number of unbranched alkanes of at least 4 members (excludes halogenated alkanes) is 6. The van der Waals surface area contributed by atoms with Gasteiger partial charge in [-0.25, -0.2) is 4.79 Å². The summed E-state index contributed by atoms with van der Waals surface area (Å²) in [5, 5.41) is 0. The SMILES string of the molecule is CCCCCCCCCc1ccc(OCCOCCOCCOCCOCCOCCOCCOCCOCCOC(=O)c2ccccc2)cc1. The lowest BCUT2D eigenvalue weighted by Crippen LogP contribution is -2.15. The van der Waals surface area contributed by atoms with E-state index in [0.717, 1.165) is 12.2 Å². The van der Waals surface area contributed by atoms with E-state index < -0.39 is 0 Å². The summed E-state index contributed by atoms with van der Waals surface area (Å²) < 4.78 is 54.9. The van der Waals surface area contributed by atoms with Crippen LogP contribution in [0.4, 0.5) is 0 Å². The highest BCUT2D eigenvalue weighted by Crippen LogP contribution is 2.15. The lowest BCUT2D eigenvalue weighted by molar-refractivity contribution is -0.0247. The summed E-state index contributed by atoms with van der Waals surface area (Å²) in [5.41, 5.74) is 1.91. The Balaban J connectivity index is 1.20. The molecule has 0 aromatic heterocycles. The largest absolute Gasteiger partial charge is 0.491 e. The Labute approximate surface area is 306 Å². The maximum absolute atomic E-state index is 11.8. The summed E-state index contributed by atoms with van der Waals surface area (Å²) in [4.78, 5) is 11.8. The zero-order valence-electron chi connectivity index (χ0n) is 31.1. The van der Waals surface area contributed by atoms with Crippen LogP contribution in [0.25, 0.3) is 0 Å². The average molecular weight is 721 g/mol. The summed E-state index contributed by atoms with van der Waals surface area (Å²) in [5.74, 6) is 0.530. The van der Waals surface area contributed by atoms with E-state index >= 15 is 0 Å². The van der Waals surface area contributed by atoms with E-state index in [4.69, 9.17) is 47.4 Å². The molecule has 290 valence electrons. The summed E-state index contributed by atoms with van der Waals surface area (Å²) in [6.07, 6.45) is 10.5. The molecule has 11 heteroatoms. The summed E-state index contributed by atoms with van der Waals surface area (Å²) in [6.45, 7) is 10.7. The summed E-state index contributed by atoms with van der Waals surface area (Å²) in [6, 6.07) is 17.3. The first-order valence-corrected chi connectivity index (χ1v) is 18.9. The molecule has 0 aliphatic carbocycles. The number of carbonyl (C=O) groups excluding carboxylic acids is 1. The van der Waals surface area contributed by atoms with Gasteiger partial charge >= 0.3 is 5.97 Å². The van der Waals surface area contributed by atoms with E-state index in [1.807, 2.05) is 6.07 Å². The molecular formula is C40H64O11. The van der Waals surface area contributed by atoms with E-state index in [9.17, 15) is 4.79 Å². The molecule has 0 atom stereocenters. The van der Waals surface area contributed by atoms with Gasteiger partial charge in [-0.1, -0.05) is 75.8 Å². The quantitative estimate of drug-likeness (QED) is 0.0576. The highest BCUT2D eigenvalue weighted by atomic mass is 16.6. The van der Waals surface area contributed by atoms with Crippen molar-refractivity contribution in [3.05, 3.63) is 65.7 Å². The van der Waals surface area contributed by atoms with Crippen LogP contribution in [0.3, 0.4) is 0 Å². The molecular weight excluding hydrogens is 656 g/mol. The molecule has 2 rings (SSSR count). The lowest BCUT2D eigenvalue weighted by Gasteiger charge is -2.09. The average Bonchev–Trinajstić information content (AvgIpc) is 3.16. The molecule has 2 aromatic carbocycles. The smallest absolute Gasteiger partial charge is 0.338 e. The molecule has 0 aliphatic heterocycles. The number of ether oxygens (including phenoxy) is 10. The Morgan fingerprint density at radius 2 is 0.824 bits per heavy atom. The van der Waals surface area contributed by atoms with Crippen LogP contribution < -0.4 is 4.74 Å². The molecule has 0 bridgehead atoms. The van der Waals surface area contributed by atoms with Crippen LogP contribution in [0.15, 0.2) is 54.6 Å². The Bertz CT molecular complexity index is 1020. The Morgan fingerprint density at radius 1 is 0.431 bits per heavy atom. The second-order valence-electron chi connectivity index (χ2n) is 11.8. The van der Waals surface area contributed by atoms with E-state index in [2.05, 4.69) is 31.2 Å². The molecule has 0 unspecified atom stereocenters. The van der Waals surface area contributed by atoms with Crippen molar-refractivity contribution in [3.63, 3.8) is 0 Å². The van der Waals surface area contributed by atoms with Crippen molar-refractivity contribution >= 4 is 5.97 Å². The third-order valence-electron chi connectivity index (χ3n) is 7.56. The van der Waals surface area contributed by atoms with Gasteiger partial charge in [0.2, 0.25) is 0 Å². The van der Waals surface area contributed by atoms with E-state index in [0.29, 0.717) is 118 Å². The first-order chi connectivity index (χ1) is 25.3. The van der Waals surface area contributed by atoms with Crippen LogP contribution in [0.1, 0.15) is 67.8 Å². The maximum atomic E-state index is 11.8. The van der Waals surface area contributed by atoms with Crippen molar-refractivity contribution in [1.29, 1.82) is 0 Å². The molecule has 0 fully saturated rings. The monoisotopic (exact) mass is 720 g/mol. The van der Waals surface area contributed by atoms with Gasteiger partial charge < -0.3 is 47.4 Å². The minimum absolute atomic E-state index is 0.204. The van der Waals surface area contributed by atoms with Gasteiger partial charge in [0.1, 0.15) is 19.0 Å². The highest BCUT2D eigenvalue weighted by molar-refractivity contribution is 5.89. The van der Waals surface area contributed by atoms with Crippen LogP contribution in [0.5, 0.6) is 5.75 Å². The second-order valence-corrected chi connectivity index (χ2v) is 11.8. The fourth-order valence-corrected chi connectivity index (χ4v) is 4.75. The zero-order chi connectivity index (χ0) is 36.1. The van der Waals surface area contributed by atoms with Gasteiger partial charge in [-0.2, -0.15) is 0 Å². The third kappa shape index (κ3) is 27.7. The van der Waals surface area contributed by atoms with Gasteiger partial charge in [-0.3, -0.25) is 0 Å². The molecule has 0 aliphatic rings. The topological polar surface area (TPSA) is 109 Å². The van der Waals surface area contributed by atoms with Crippen LogP contribution in [0.2, 0.25) is 0 Å². The molecule has 0 saturated heterocycles. The van der Waals surface area contributed by atoms with Crippen molar-refractivity contribution < 1.29 is 52.2 Å². The fraction of sp³-hybridized carbons (Fsp3) is 0.675. The Hall–Kier alpha value is -2.61. The first kappa shape index (κ1) is 44.6. The standard InChI is InChI=1S/C40H64O11/c1-2-3-4-5-6-7-9-12-37-15-17-39(18-16-37)50-35-33-48-31-29-46-27-25-44-23-21-42-19-20-43-22-24-45-26-28-47-30-32-49-34-36-51-40(41)38-13-10-8-11-14-38/h8,10-11,13-18H,2-7,9,12,19-36H2,1H3. The van der Waals surface area contributed by atoms with Crippen molar-refractivity contribution in [2.24, 2.45) is 0 Å². The van der Waals surface area contributed by atoms with E-state index in [-0.39, 0.29) is 12.6 Å². The van der Waals surface area contributed by atoms with E-state index in [1.54, 1.807) is 24.3 Å². The first-order valence-electron chi connectivity index (χ1n) is 18.9. The molecule has 0 amide bonds. The van der Waals surface area contributed by atoms with E-state index in [1.165, 1.54) is 50.5 Å². The van der Waals surface area contributed by atoms with Gasteiger partial charge in [0.25, 0.3) is 0 Å². The van der Waals surface area contributed by atoms with Gasteiger partial charge in [0, 0.05) is 0 Å². The number of aryl methyl sites for hydroxylation is 1. The van der Waals surface area contributed by atoms with Crippen molar-refractivity contribution in [2.75, 3.05) is 119 Å². The highest BCUT2D eigenvalue weighted by Gasteiger charge is 2.05. The van der Waals surface area contributed by atoms with Crippen molar-refractivity contribution in [1.82, 2.24) is 0 Å². The zero-order valence-corrected chi connectivity index (χ0v) is 31.1. The second kappa shape index (κ2) is 34.5. The Kier molecular flexibility index (Phi) is 30.1. The maximum Gasteiger partial charge on any atom is 0.338 e. The molecule has 0 N–H and O–H groups in total. The number of esters is 1. The van der Waals surface area contributed by atoms with Gasteiger partial charge in [-0.15, -0.1) is 0 Å². The van der Waals surface area contributed by atoms with Gasteiger partial charge in [0.05, 0.1) is 111 Å². The molecule has 0 saturated carbocycles.